The van der Waals surface area contributed by atoms with Gasteiger partial charge >= 0.3 is 0 Å². The number of amides is 2. The van der Waals surface area contributed by atoms with E-state index >= 15 is 0 Å². The van der Waals surface area contributed by atoms with Crippen LogP contribution in [0.4, 0.5) is 0 Å². The lowest BCUT2D eigenvalue weighted by Gasteiger charge is -2.42. The van der Waals surface area contributed by atoms with E-state index in [-0.39, 0.29) is 5.92 Å². The van der Waals surface area contributed by atoms with Gasteiger partial charge in [-0.2, -0.15) is 0 Å². The van der Waals surface area contributed by atoms with Crippen molar-refractivity contribution in [2.75, 3.05) is 32.7 Å². The second-order valence-electron chi connectivity index (χ2n) is 9.00. The van der Waals surface area contributed by atoms with Crippen LogP contribution in [0.15, 0.2) is 30.3 Å². The average molecular weight is 398 g/mol. The Labute approximate surface area is 175 Å². The van der Waals surface area contributed by atoms with Crippen LogP contribution in [0, 0.1) is 11.8 Å². The van der Waals surface area contributed by atoms with Crippen molar-refractivity contribution in [3.8, 4) is 0 Å². The summed E-state index contributed by atoms with van der Waals surface area (Å²) in [6.07, 6.45) is 6.39. The van der Waals surface area contributed by atoms with Crippen molar-refractivity contribution < 1.29 is 9.59 Å². The van der Waals surface area contributed by atoms with Gasteiger partial charge < -0.3 is 9.80 Å². The summed E-state index contributed by atoms with van der Waals surface area (Å²) in [6, 6.07) is 10.8. The molecule has 2 aliphatic heterocycles. The minimum absolute atomic E-state index is 0.110. The monoisotopic (exact) mass is 397 g/mol. The van der Waals surface area contributed by atoms with E-state index in [9.17, 15) is 9.59 Å². The fraction of sp³-hybridized carbons (Fsp3) is 0.667. The zero-order valence-corrected chi connectivity index (χ0v) is 17.8. The second-order valence-corrected chi connectivity index (χ2v) is 9.00. The van der Waals surface area contributed by atoms with Gasteiger partial charge in [-0.15, -0.1) is 0 Å². The van der Waals surface area contributed by atoms with Crippen LogP contribution >= 0.6 is 0 Å². The van der Waals surface area contributed by atoms with Gasteiger partial charge in [-0.1, -0.05) is 30.3 Å². The Morgan fingerprint density at radius 2 is 1.69 bits per heavy atom. The van der Waals surface area contributed by atoms with Crippen molar-refractivity contribution in [3.63, 3.8) is 0 Å². The molecule has 0 unspecified atom stereocenters. The third-order valence-electron chi connectivity index (χ3n) is 6.93. The van der Waals surface area contributed by atoms with E-state index in [1.807, 2.05) is 23.1 Å². The fourth-order valence-electron chi connectivity index (χ4n) is 4.99. The Morgan fingerprint density at radius 1 is 0.966 bits per heavy atom. The molecule has 5 nitrogen and oxygen atoms in total. The Hall–Kier alpha value is -1.88. The van der Waals surface area contributed by atoms with Gasteiger partial charge in [0.15, 0.2) is 0 Å². The molecular formula is C24H35N3O2. The zero-order valence-electron chi connectivity index (χ0n) is 17.8. The number of piperidine rings is 2. The third kappa shape index (κ3) is 5.00. The highest BCUT2D eigenvalue weighted by Gasteiger charge is 2.37. The molecule has 1 aromatic rings. The van der Waals surface area contributed by atoms with Gasteiger partial charge in [0.1, 0.15) is 0 Å². The van der Waals surface area contributed by atoms with Crippen LogP contribution in [0.2, 0.25) is 0 Å². The lowest BCUT2D eigenvalue weighted by molar-refractivity contribution is -0.138. The normalized spacial score (nSPS) is 23.8. The van der Waals surface area contributed by atoms with Gasteiger partial charge in [0.2, 0.25) is 11.8 Å². The number of benzene rings is 1. The highest BCUT2D eigenvalue weighted by Crippen LogP contribution is 2.33. The Bertz CT molecular complexity index is 695. The first-order chi connectivity index (χ1) is 14.2. The van der Waals surface area contributed by atoms with Crippen LogP contribution in [-0.2, 0) is 16.1 Å². The Kier molecular flexibility index (Phi) is 6.53. The maximum absolute atomic E-state index is 13.2. The summed E-state index contributed by atoms with van der Waals surface area (Å²) in [5.74, 6) is 1.13. The van der Waals surface area contributed by atoms with Crippen LogP contribution < -0.4 is 0 Å². The maximum atomic E-state index is 13.2. The number of carbonyl (C=O) groups is 2. The highest BCUT2D eigenvalue weighted by atomic mass is 16.2. The molecule has 1 saturated carbocycles. The molecule has 2 saturated heterocycles. The maximum Gasteiger partial charge on any atom is 0.227 e. The summed E-state index contributed by atoms with van der Waals surface area (Å²) in [5, 5.41) is 0. The Balaban J connectivity index is 1.30. The topological polar surface area (TPSA) is 43.9 Å². The lowest BCUT2D eigenvalue weighted by atomic mass is 9.92. The van der Waals surface area contributed by atoms with E-state index in [2.05, 4.69) is 28.9 Å². The molecule has 1 atom stereocenters. The second kappa shape index (κ2) is 9.29. The Morgan fingerprint density at radius 3 is 2.34 bits per heavy atom. The molecule has 29 heavy (non-hydrogen) atoms. The van der Waals surface area contributed by atoms with Gasteiger partial charge in [0, 0.05) is 44.7 Å². The summed E-state index contributed by atoms with van der Waals surface area (Å²) >= 11 is 0. The van der Waals surface area contributed by atoms with Crippen molar-refractivity contribution in [1.29, 1.82) is 0 Å². The molecule has 2 amide bonds. The van der Waals surface area contributed by atoms with Gasteiger partial charge in [-0.25, -0.2) is 0 Å². The van der Waals surface area contributed by atoms with Crippen molar-refractivity contribution in [1.82, 2.24) is 14.7 Å². The minimum Gasteiger partial charge on any atom is -0.342 e. The predicted molar refractivity (Wildman–Crippen MR) is 114 cm³/mol. The molecule has 5 heteroatoms. The third-order valence-corrected chi connectivity index (χ3v) is 6.93. The average Bonchev–Trinajstić information content (AvgIpc) is 3.63. The van der Waals surface area contributed by atoms with Crippen LogP contribution in [0.3, 0.4) is 0 Å². The summed E-state index contributed by atoms with van der Waals surface area (Å²) in [5.41, 5.74) is 1.20. The van der Waals surface area contributed by atoms with Crippen LogP contribution in [-0.4, -0.2) is 65.3 Å². The summed E-state index contributed by atoms with van der Waals surface area (Å²) < 4.78 is 0. The van der Waals surface area contributed by atoms with E-state index in [4.69, 9.17) is 0 Å². The first-order valence-electron chi connectivity index (χ1n) is 11.5. The molecule has 1 aliphatic carbocycles. The molecule has 4 rings (SSSR count). The molecule has 3 aliphatic rings. The predicted octanol–water partition coefficient (Wildman–Crippen LogP) is 3.15. The van der Waals surface area contributed by atoms with Crippen molar-refractivity contribution in [3.05, 3.63) is 35.9 Å². The molecule has 0 aromatic heterocycles. The number of carbonyl (C=O) groups excluding carboxylic acids is 2. The molecule has 3 fully saturated rings. The first-order valence-corrected chi connectivity index (χ1v) is 11.5. The van der Waals surface area contributed by atoms with Gasteiger partial charge in [-0.3, -0.25) is 14.5 Å². The summed E-state index contributed by atoms with van der Waals surface area (Å²) in [7, 11) is 0. The molecule has 0 radical (unpaired) electrons. The molecule has 2 heterocycles. The van der Waals surface area contributed by atoms with Crippen molar-refractivity contribution >= 4 is 11.8 Å². The van der Waals surface area contributed by atoms with E-state index in [0.717, 1.165) is 71.2 Å². The molecule has 0 N–H and O–H groups in total. The highest BCUT2D eigenvalue weighted by molar-refractivity contribution is 5.81. The number of hydrogen-bond donors (Lipinski definition) is 0. The quantitative estimate of drug-likeness (QED) is 0.741. The molecular weight excluding hydrogens is 362 g/mol. The molecule has 1 aromatic carbocycles. The van der Waals surface area contributed by atoms with E-state index < -0.39 is 0 Å². The van der Waals surface area contributed by atoms with Crippen LogP contribution in [0.5, 0.6) is 0 Å². The van der Waals surface area contributed by atoms with E-state index in [1.165, 1.54) is 5.56 Å². The molecule has 0 bridgehead atoms. The molecule has 158 valence electrons. The zero-order chi connectivity index (χ0) is 20.2. The lowest BCUT2D eigenvalue weighted by Crippen LogP contribution is -2.52. The fourth-order valence-corrected chi connectivity index (χ4v) is 4.99. The van der Waals surface area contributed by atoms with Crippen LogP contribution in [0.25, 0.3) is 0 Å². The summed E-state index contributed by atoms with van der Waals surface area (Å²) in [4.78, 5) is 32.2. The number of rotatable bonds is 6. The number of nitrogens with zero attached hydrogens (tertiary/aromatic N) is 3. The van der Waals surface area contributed by atoms with Gasteiger partial charge in [-0.05, 0) is 57.6 Å². The van der Waals surface area contributed by atoms with E-state index in [1.54, 1.807) is 0 Å². The van der Waals surface area contributed by atoms with Gasteiger partial charge in [0.25, 0.3) is 0 Å². The molecule has 0 spiro atoms. The number of likely N-dealkylation sites (tertiary alicyclic amines) is 2. The standard InChI is InChI=1S/C24H35N3O2/c1-2-25(17-19-7-4-3-5-8-19)24(29)21-9-6-14-27(18-21)22-12-15-26(16-13-22)23(28)20-10-11-20/h3-5,7-8,20-22H,2,6,9-18H2,1H3/t21-/m0/s1. The first kappa shape index (κ1) is 20.4. The van der Waals surface area contributed by atoms with Gasteiger partial charge in [0.05, 0.1) is 5.92 Å². The minimum atomic E-state index is 0.110. The summed E-state index contributed by atoms with van der Waals surface area (Å²) in [6.45, 7) is 7.30. The van der Waals surface area contributed by atoms with Crippen molar-refractivity contribution in [2.24, 2.45) is 11.8 Å². The van der Waals surface area contributed by atoms with Crippen LogP contribution in [0.1, 0.15) is 51.0 Å². The number of hydrogen-bond acceptors (Lipinski definition) is 3. The SMILES string of the molecule is CCN(Cc1ccccc1)C(=O)[C@H]1CCCN(C2CCN(C(=O)C3CC3)CC2)C1. The largest absolute Gasteiger partial charge is 0.342 e. The van der Waals surface area contributed by atoms with E-state index in [0.29, 0.717) is 30.3 Å². The van der Waals surface area contributed by atoms with Crippen molar-refractivity contribution in [2.45, 2.75) is 58.0 Å². The smallest absolute Gasteiger partial charge is 0.227 e.